The predicted octanol–water partition coefficient (Wildman–Crippen LogP) is 1.58. The number of aromatic nitrogens is 4. The lowest BCUT2D eigenvalue weighted by molar-refractivity contribution is 0.807. The molecule has 0 aliphatic heterocycles. The van der Waals surface area contributed by atoms with E-state index in [1.165, 1.54) is 0 Å². The van der Waals surface area contributed by atoms with Crippen LogP contribution in [0.1, 0.15) is 5.82 Å². The van der Waals surface area contributed by atoms with Crippen molar-refractivity contribution in [2.45, 2.75) is 6.54 Å². The van der Waals surface area contributed by atoms with Crippen LogP contribution in [-0.2, 0) is 13.6 Å². The first-order valence-corrected chi connectivity index (χ1v) is 5.22. The van der Waals surface area contributed by atoms with Crippen molar-refractivity contribution in [1.82, 2.24) is 19.5 Å². The molecule has 0 amide bonds. The van der Waals surface area contributed by atoms with Crippen molar-refractivity contribution in [3.63, 3.8) is 0 Å². The summed E-state index contributed by atoms with van der Waals surface area (Å²) in [6.07, 6.45) is 7.07. The Hall–Kier alpha value is -1.43. The molecule has 2 rings (SSSR count). The second kappa shape index (κ2) is 4.39. The molecular formula is C9H10BrN5. The van der Waals surface area contributed by atoms with Crippen molar-refractivity contribution in [2.75, 3.05) is 5.32 Å². The Balaban J connectivity index is 1.99. The summed E-state index contributed by atoms with van der Waals surface area (Å²) in [5, 5.41) is 3.09. The Morgan fingerprint density at radius 2 is 2.07 bits per heavy atom. The van der Waals surface area contributed by atoms with Gasteiger partial charge in [0.15, 0.2) is 0 Å². The molecule has 0 aromatic carbocycles. The van der Waals surface area contributed by atoms with Crippen LogP contribution in [0.3, 0.4) is 0 Å². The maximum atomic E-state index is 4.18. The first kappa shape index (κ1) is 10.1. The van der Waals surface area contributed by atoms with Crippen LogP contribution in [0.4, 0.5) is 5.95 Å². The van der Waals surface area contributed by atoms with E-state index in [1.807, 2.05) is 17.8 Å². The molecule has 0 unspecified atom stereocenters. The number of halogens is 1. The fraction of sp³-hybridized carbons (Fsp3) is 0.222. The Kier molecular flexibility index (Phi) is 2.96. The fourth-order valence-corrected chi connectivity index (χ4v) is 1.33. The molecular weight excluding hydrogens is 258 g/mol. The third-order valence-electron chi connectivity index (χ3n) is 1.95. The molecule has 0 aliphatic carbocycles. The van der Waals surface area contributed by atoms with Gasteiger partial charge in [-0.1, -0.05) is 0 Å². The molecule has 0 fully saturated rings. The number of rotatable bonds is 3. The SMILES string of the molecule is Cn1ccnc1CNc1ncc(Br)cn1. The van der Waals surface area contributed by atoms with Crippen molar-refractivity contribution in [2.24, 2.45) is 7.05 Å². The van der Waals surface area contributed by atoms with E-state index in [9.17, 15) is 0 Å². The zero-order valence-corrected chi connectivity index (χ0v) is 9.77. The average Bonchev–Trinajstić information content (AvgIpc) is 2.63. The van der Waals surface area contributed by atoms with E-state index >= 15 is 0 Å². The zero-order valence-electron chi connectivity index (χ0n) is 8.18. The smallest absolute Gasteiger partial charge is 0.223 e. The molecule has 2 aromatic heterocycles. The second-order valence-electron chi connectivity index (χ2n) is 3.03. The Bertz CT molecular complexity index is 436. The van der Waals surface area contributed by atoms with Crippen LogP contribution in [0.5, 0.6) is 0 Å². The summed E-state index contributed by atoms with van der Waals surface area (Å²) in [7, 11) is 1.95. The Labute approximate surface area is 95.7 Å². The highest BCUT2D eigenvalue weighted by molar-refractivity contribution is 9.10. The van der Waals surface area contributed by atoms with Gasteiger partial charge in [-0.2, -0.15) is 0 Å². The van der Waals surface area contributed by atoms with Gasteiger partial charge in [-0.3, -0.25) is 0 Å². The minimum Gasteiger partial charge on any atom is -0.347 e. The average molecular weight is 268 g/mol. The number of hydrogen-bond acceptors (Lipinski definition) is 4. The van der Waals surface area contributed by atoms with Gasteiger partial charge in [0.05, 0.1) is 11.0 Å². The number of anilines is 1. The van der Waals surface area contributed by atoms with Crippen LogP contribution < -0.4 is 5.32 Å². The Morgan fingerprint density at radius 1 is 1.33 bits per heavy atom. The summed E-state index contributed by atoms with van der Waals surface area (Å²) in [5.74, 6) is 1.54. The van der Waals surface area contributed by atoms with Gasteiger partial charge in [-0.15, -0.1) is 0 Å². The molecule has 0 saturated heterocycles. The van der Waals surface area contributed by atoms with Gasteiger partial charge in [0.2, 0.25) is 5.95 Å². The van der Waals surface area contributed by atoms with Crippen LogP contribution in [0.15, 0.2) is 29.3 Å². The number of imidazole rings is 1. The zero-order chi connectivity index (χ0) is 10.7. The van der Waals surface area contributed by atoms with Gasteiger partial charge in [0, 0.05) is 31.8 Å². The molecule has 2 aromatic rings. The van der Waals surface area contributed by atoms with Gasteiger partial charge < -0.3 is 9.88 Å². The molecule has 0 aliphatic rings. The number of hydrogen-bond donors (Lipinski definition) is 1. The second-order valence-corrected chi connectivity index (χ2v) is 3.95. The maximum Gasteiger partial charge on any atom is 0.223 e. The molecule has 78 valence electrons. The van der Waals surface area contributed by atoms with Crippen LogP contribution in [0, 0.1) is 0 Å². The molecule has 2 heterocycles. The largest absolute Gasteiger partial charge is 0.347 e. The minimum atomic E-state index is 0.598. The minimum absolute atomic E-state index is 0.598. The van der Waals surface area contributed by atoms with Crippen molar-refractivity contribution >= 4 is 21.9 Å². The van der Waals surface area contributed by atoms with Crippen molar-refractivity contribution in [3.8, 4) is 0 Å². The lowest BCUT2D eigenvalue weighted by Crippen LogP contribution is -2.07. The van der Waals surface area contributed by atoms with Gasteiger partial charge in [-0.25, -0.2) is 15.0 Å². The molecule has 5 nitrogen and oxygen atoms in total. The normalized spacial score (nSPS) is 10.3. The van der Waals surface area contributed by atoms with E-state index in [2.05, 4.69) is 36.2 Å². The van der Waals surface area contributed by atoms with Crippen molar-refractivity contribution < 1.29 is 0 Å². The maximum absolute atomic E-state index is 4.18. The highest BCUT2D eigenvalue weighted by Crippen LogP contribution is 2.07. The highest BCUT2D eigenvalue weighted by Gasteiger charge is 2.00. The van der Waals surface area contributed by atoms with Crippen LogP contribution >= 0.6 is 15.9 Å². The standard InChI is InChI=1S/C9H10BrN5/c1-15-3-2-11-8(15)6-14-9-12-4-7(10)5-13-9/h2-5H,6H2,1H3,(H,12,13,14). The summed E-state index contributed by atoms with van der Waals surface area (Å²) in [6, 6.07) is 0. The summed E-state index contributed by atoms with van der Waals surface area (Å²) in [4.78, 5) is 12.4. The van der Waals surface area contributed by atoms with Gasteiger partial charge in [0.1, 0.15) is 5.82 Å². The third-order valence-corrected chi connectivity index (χ3v) is 2.36. The van der Waals surface area contributed by atoms with Gasteiger partial charge in [-0.05, 0) is 15.9 Å². The van der Waals surface area contributed by atoms with Crippen molar-refractivity contribution in [3.05, 3.63) is 35.1 Å². The van der Waals surface area contributed by atoms with Gasteiger partial charge >= 0.3 is 0 Å². The number of nitrogens with zero attached hydrogens (tertiary/aromatic N) is 4. The quantitative estimate of drug-likeness (QED) is 0.918. The summed E-state index contributed by atoms with van der Waals surface area (Å²) in [6.45, 7) is 0.616. The first-order valence-electron chi connectivity index (χ1n) is 4.43. The van der Waals surface area contributed by atoms with E-state index in [4.69, 9.17) is 0 Å². The third kappa shape index (κ3) is 2.53. The monoisotopic (exact) mass is 267 g/mol. The summed E-state index contributed by atoms with van der Waals surface area (Å²) < 4.78 is 2.82. The Morgan fingerprint density at radius 3 is 2.67 bits per heavy atom. The van der Waals surface area contributed by atoms with E-state index in [0.717, 1.165) is 10.3 Å². The van der Waals surface area contributed by atoms with E-state index in [-0.39, 0.29) is 0 Å². The van der Waals surface area contributed by atoms with E-state index in [1.54, 1.807) is 18.6 Å². The topological polar surface area (TPSA) is 55.6 Å². The van der Waals surface area contributed by atoms with Gasteiger partial charge in [0.25, 0.3) is 0 Å². The molecule has 0 saturated carbocycles. The molecule has 0 atom stereocenters. The van der Waals surface area contributed by atoms with Crippen LogP contribution in [0.25, 0.3) is 0 Å². The fourth-order valence-electron chi connectivity index (χ4n) is 1.13. The molecule has 0 bridgehead atoms. The predicted molar refractivity (Wildman–Crippen MR) is 60.3 cm³/mol. The number of aryl methyl sites for hydroxylation is 1. The first-order chi connectivity index (χ1) is 7.25. The lowest BCUT2D eigenvalue weighted by Gasteiger charge is -2.04. The molecule has 6 heteroatoms. The van der Waals surface area contributed by atoms with E-state index in [0.29, 0.717) is 12.5 Å². The van der Waals surface area contributed by atoms with Crippen LogP contribution in [-0.4, -0.2) is 19.5 Å². The van der Waals surface area contributed by atoms with E-state index < -0.39 is 0 Å². The summed E-state index contributed by atoms with van der Waals surface area (Å²) >= 11 is 3.28. The molecule has 15 heavy (non-hydrogen) atoms. The van der Waals surface area contributed by atoms with Crippen LogP contribution in [0.2, 0.25) is 0 Å². The number of nitrogens with one attached hydrogen (secondary N) is 1. The summed E-state index contributed by atoms with van der Waals surface area (Å²) in [5.41, 5.74) is 0. The molecule has 1 N–H and O–H groups in total. The molecule has 0 radical (unpaired) electrons. The van der Waals surface area contributed by atoms with Crippen molar-refractivity contribution in [1.29, 1.82) is 0 Å². The lowest BCUT2D eigenvalue weighted by atomic mass is 10.6. The molecule has 0 spiro atoms. The highest BCUT2D eigenvalue weighted by atomic mass is 79.9.